The van der Waals surface area contributed by atoms with E-state index < -0.39 is 0 Å². The summed E-state index contributed by atoms with van der Waals surface area (Å²) >= 11 is 0. The first-order valence-electron chi connectivity index (χ1n) is 5.97. The molecule has 1 N–H and O–H groups in total. The van der Waals surface area contributed by atoms with Gasteiger partial charge in [-0.05, 0) is 13.0 Å². The van der Waals surface area contributed by atoms with E-state index in [1.807, 2.05) is 0 Å². The van der Waals surface area contributed by atoms with Crippen LogP contribution in [0.4, 0.5) is 5.82 Å². The molecule has 1 fully saturated rings. The number of rotatable bonds is 3. The Labute approximate surface area is 109 Å². The van der Waals surface area contributed by atoms with Gasteiger partial charge in [-0.3, -0.25) is 4.79 Å². The number of aryl methyl sites for hydroxylation is 1. The standard InChI is InChI=1S/C12H13N5O2/c1-8-4-10(16-19-8)12(18)17-5-9(6-17)15-11-2-3-13-7-14-11/h2-4,7,9H,5-6H2,1H3,(H,13,14,15). The topological polar surface area (TPSA) is 84.2 Å². The van der Waals surface area contributed by atoms with Crippen molar-refractivity contribution < 1.29 is 9.32 Å². The first-order valence-corrected chi connectivity index (χ1v) is 5.97. The van der Waals surface area contributed by atoms with E-state index in [2.05, 4.69) is 20.4 Å². The van der Waals surface area contributed by atoms with Crippen molar-refractivity contribution in [3.63, 3.8) is 0 Å². The Hall–Kier alpha value is -2.44. The van der Waals surface area contributed by atoms with Gasteiger partial charge >= 0.3 is 0 Å². The van der Waals surface area contributed by atoms with Crippen LogP contribution in [0.5, 0.6) is 0 Å². The molecule has 7 nitrogen and oxygen atoms in total. The molecule has 19 heavy (non-hydrogen) atoms. The highest BCUT2D eigenvalue weighted by atomic mass is 16.5. The van der Waals surface area contributed by atoms with Gasteiger partial charge in [0, 0.05) is 25.4 Å². The normalized spacial score (nSPS) is 15.1. The summed E-state index contributed by atoms with van der Waals surface area (Å²) in [5, 5.41) is 6.95. The van der Waals surface area contributed by atoms with Crippen LogP contribution in [0.15, 0.2) is 29.2 Å². The predicted molar refractivity (Wildman–Crippen MR) is 66.6 cm³/mol. The van der Waals surface area contributed by atoms with Gasteiger partial charge < -0.3 is 14.7 Å². The third-order valence-electron chi connectivity index (χ3n) is 2.95. The van der Waals surface area contributed by atoms with Gasteiger partial charge in [0.2, 0.25) is 0 Å². The second kappa shape index (κ2) is 4.68. The Morgan fingerprint density at radius 2 is 2.37 bits per heavy atom. The zero-order chi connectivity index (χ0) is 13.2. The molecular formula is C12H13N5O2. The summed E-state index contributed by atoms with van der Waals surface area (Å²) in [4.78, 5) is 21.6. The highest BCUT2D eigenvalue weighted by molar-refractivity contribution is 5.93. The van der Waals surface area contributed by atoms with Crippen molar-refractivity contribution >= 4 is 11.7 Å². The Morgan fingerprint density at radius 1 is 1.53 bits per heavy atom. The predicted octanol–water partition coefficient (Wildman–Crippen LogP) is 0.710. The van der Waals surface area contributed by atoms with E-state index in [-0.39, 0.29) is 11.9 Å². The summed E-state index contributed by atoms with van der Waals surface area (Å²) in [6.45, 7) is 3.03. The summed E-state index contributed by atoms with van der Waals surface area (Å²) < 4.78 is 4.90. The Kier molecular flexibility index (Phi) is 2.86. The Bertz CT molecular complexity index is 577. The lowest BCUT2D eigenvalue weighted by molar-refractivity contribution is 0.0614. The lowest BCUT2D eigenvalue weighted by atomic mass is 10.1. The number of carbonyl (C=O) groups is 1. The van der Waals surface area contributed by atoms with Crippen LogP contribution in [-0.2, 0) is 0 Å². The van der Waals surface area contributed by atoms with E-state index >= 15 is 0 Å². The molecule has 98 valence electrons. The fourth-order valence-corrected chi connectivity index (χ4v) is 1.95. The number of amides is 1. The number of likely N-dealkylation sites (tertiary alicyclic amines) is 1. The molecule has 0 aliphatic carbocycles. The van der Waals surface area contributed by atoms with Gasteiger partial charge in [-0.15, -0.1) is 0 Å². The van der Waals surface area contributed by atoms with E-state index in [0.29, 0.717) is 24.5 Å². The van der Waals surface area contributed by atoms with Crippen molar-refractivity contribution in [3.8, 4) is 0 Å². The third kappa shape index (κ3) is 2.40. The molecule has 3 rings (SSSR count). The van der Waals surface area contributed by atoms with Crippen LogP contribution in [0.1, 0.15) is 16.2 Å². The van der Waals surface area contributed by atoms with Crippen molar-refractivity contribution in [2.75, 3.05) is 18.4 Å². The summed E-state index contributed by atoms with van der Waals surface area (Å²) in [6, 6.07) is 3.66. The van der Waals surface area contributed by atoms with Gasteiger partial charge in [0.1, 0.15) is 17.9 Å². The number of hydrogen-bond acceptors (Lipinski definition) is 6. The zero-order valence-corrected chi connectivity index (χ0v) is 10.4. The van der Waals surface area contributed by atoms with E-state index in [4.69, 9.17) is 4.52 Å². The molecular weight excluding hydrogens is 246 g/mol. The van der Waals surface area contributed by atoms with Gasteiger partial charge in [-0.25, -0.2) is 9.97 Å². The van der Waals surface area contributed by atoms with Crippen LogP contribution in [0.2, 0.25) is 0 Å². The van der Waals surface area contributed by atoms with Crippen LogP contribution < -0.4 is 5.32 Å². The lowest BCUT2D eigenvalue weighted by Gasteiger charge is -2.39. The van der Waals surface area contributed by atoms with E-state index in [9.17, 15) is 4.79 Å². The molecule has 2 aromatic rings. The van der Waals surface area contributed by atoms with Crippen LogP contribution in [-0.4, -0.2) is 45.1 Å². The van der Waals surface area contributed by atoms with Crippen molar-refractivity contribution in [1.29, 1.82) is 0 Å². The number of nitrogens with one attached hydrogen (secondary N) is 1. The largest absolute Gasteiger partial charge is 0.364 e. The zero-order valence-electron chi connectivity index (χ0n) is 10.4. The number of carbonyl (C=O) groups excluding carboxylic acids is 1. The van der Waals surface area contributed by atoms with Gasteiger partial charge in [0.15, 0.2) is 5.69 Å². The van der Waals surface area contributed by atoms with Crippen molar-refractivity contribution in [2.24, 2.45) is 0 Å². The maximum Gasteiger partial charge on any atom is 0.276 e. The number of anilines is 1. The molecule has 0 unspecified atom stereocenters. The second-order valence-corrected chi connectivity index (χ2v) is 4.47. The van der Waals surface area contributed by atoms with E-state index in [0.717, 1.165) is 5.82 Å². The molecule has 0 spiro atoms. The maximum atomic E-state index is 12.0. The van der Waals surface area contributed by atoms with Crippen LogP contribution in [0.3, 0.4) is 0 Å². The molecule has 0 aromatic carbocycles. The second-order valence-electron chi connectivity index (χ2n) is 4.47. The summed E-state index contributed by atoms with van der Waals surface area (Å²) in [5.41, 5.74) is 0.359. The monoisotopic (exact) mass is 259 g/mol. The summed E-state index contributed by atoms with van der Waals surface area (Å²) in [5.74, 6) is 1.31. The van der Waals surface area contributed by atoms with E-state index in [1.165, 1.54) is 6.33 Å². The molecule has 0 saturated carbocycles. The molecule has 1 aliphatic rings. The van der Waals surface area contributed by atoms with Crippen molar-refractivity contribution in [1.82, 2.24) is 20.0 Å². The smallest absolute Gasteiger partial charge is 0.276 e. The Balaban J connectivity index is 1.54. The quantitative estimate of drug-likeness (QED) is 0.873. The van der Waals surface area contributed by atoms with Crippen molar-refractivity contribution in [2.45, 2.75) is 13.0 Å². The highest BCUT2D eigenvalue weighted by Crippen LogP contribution is 2.16. The average molecular weight is 259 g/mol. The molecule has 0 bridgehead atoms. The highest BCUT2D eigenvalue weighted by Gasteiger charge is 2.32. The molecule has 1 aliphatic heterocycles. The van der Waals surface area contributed by atoms with Gasteiger partial charge in [-0.1, -0.05) is 5.16 Å². The van der Waals surface area contributed by atoms with Gasteiger partial charge in [0.05, 0.1) is 6.04 Å². The SMILES string of the molecule is Cc1cc(C(=O)N2CC(Nc3ccncn3)C2)no1. The molecule has 3 heterocycles. The van der Waals surface area contributed by atoms with Crippen LogP contribution in [0, 0.1) is 6.92 Å². The summed E-state index contributed by atoms with van der Waals surface area (Å²) in [7, 11) is 0. The molecule has 1 saturated heterocycles. The number of aromatic nitrogens is 3. The maximum absolute atomic E-state index is 12.0. The molecule has 2 aromatic heterocycles. The summed E-state index contributed by atoms with van der Waals surface area (Å²) in [6.07, 6.45) is 3.16. The van der Waals surface area contributed by atoms with Gasteiger partial charge in [-0.2, -0.15) is 0 Å². The van der Waals surface area contributed by atoms with Gasteiger partial charge in [0.25, 0.3) is 5.91 Å². The lowest BCUT2D eigenvalue weighted by Crippen LogP contribution is -2.57. The van der Waals surface area contributed by atoms with Crippen LogP contribution >= 0.6 is 0 Å². The number of nitrogens with zero attached hydrogens (tertiary/aromatic N) is 4. The fraction of sp³-hybridized carbons (Fsp3) is 0.333. The molecule has 7 heteroatoms. The first kappa shape index (κ1) is 11.6. The number of hydrogen-bond donors (Lipinski definition) is 1. The minimum Gasteiger partial charge on any atom is -0.364 e. The molecule has 1 amide bonds. The molecule has 0 atom stereocenters. The van der Waals surface area contributed by atoms with Crippen molar-refractivity contribution in [3.05, 3.63) is 36.1 Å². The average Bonchev–Trinajstić information content (AvgIpc) is 2.80. The Morgan fingerprint density at radius 3 is 3.00 bits per heavy atom. The molecule has 0 radical (unpaired) electrons. The minimum atomic E-state index is -0.0995. The van der Waals surface area contributed by atoms with E-state index in [1.54, 1.807) is 30.2 Å². The minimum absolute atomic E-state index is 0.0995. The third-order valence-corrected chi connectivity index (χ3v) is 2.95. The fourth-order valence-electron chi connectivity index (χ4n) is 1.95. The van der Waals surface area contributed by atoms with Crippen LogP contribution in [0.25, 0.3) is 0 Å². The first-order chi connectivity index (χ1) is 9.22.